The van der Waals surface area contributed by atoms with Crippen LogP contribution in [0.15, 0.2) is 43.0 Å². The monoisotopic (exact) mass is 275 g/mol. The molecule has 1 N–H and O–H groups in total. The number of hydrogen-bond donors (Lipinski definition) is 1. The average Bonchev–Trinajstić information content (AvgIpc) is 2.80. The summed E-state index contributed by atoms with van der Waals surface area (Å²) in [6, 6.07) is 10.4. The number of fused-ring (bicyclic) bond motifs is 1. The number of aliphatic carboxylic acids is 1. The molecular formula is C15H17NO2S. The third kappa shape index (κ3) is 3.22. The molecule has 0 aliphatic heterocycles. The quantitative estimate of drug-likeness (QED) is 0.820. The lowest BCUT2D eigenvalue weighted by molar-refractivity contribution is -0.138. The molecule has 0 radical (unpaired) electrons. The second kappa shape index (κ2) is 5.99. The summed E-state index contributed by atoms with van der Waals surface area (Å²) in [6.45, 7) is 6.33. The molecule has 0 saturated heterocycles. The fourth-order valence-corrected chi connectivity index (χ4v) is 3.24. The highest BCUT2D eigenvalue weighted by Crippen LogP contribution is 2.32. The van der Waals surface area contributed by atoms with Crippen LogP contribution in [0.2, 0.25) is 0 Å². The van der Waals surface area contributed by atoms with Gasteiger partial charge in [-0.1, -0.05) is 24.3 Å². The van der Waals surface area contributed by atoms with Gasteiger partial charge in [0.25, 0.3) is 0 Å². The predicted molar refractivity (Wildman–Crippen MR) is 79.6 cm³/mol. The Labute approximate surface area is 116 Å². The van der Waals surface area contributed by atoms with Crippen molar-refractivity contribution in [3.05, 3.63) is 47.9 Å². The van der Waals surface area contributed by atoms with Gasteiger partial charge in [0.15, 0.2) is 0 Å². The summed E-state index contributed by atoms with van der Waals surface area (Å²) in [7, 11) is 0. The van der Waals surface area contributed by atoms with Crippen LogP contribution < -0.4 is 0 Å². The third-order valence-corrected chi connectivity index (χ3v) is 4.39. The second-order valence-electron chi connectivity index (χ2n) is 4.47. The maximum atomic E-state index is 10.9. The Bertz CT molecular complexity index is 558. The Morgan fingerprint density at radius 2 is 2.26 bits per heavy atom. The lowest BCUT2D eigenvalue weighted by Crippen LogP contribution is -2.32. The van der Waals surface area contributed by atoms with Crippen molar-refractivity contribution in [1.29, 1.82) is 0 Å². The highest BCUT2D eigenvalue weighted by molar-refractivity contribution is 7.19. The standard InChI is InChI=1S/C15H17NO2S/c1-3-8-16(10-15(17)18)11(2)14-9-12-6-4-5-7-13(12)19-14/h3-7,9,11H,1,8,10H2,2H3,(H,17,18). The van der Waals surface area contributed by atoms with Crippen LogP contribution in [0.4, 0.5) is 0 Å². The maximum absolute atomic E-state index is 10.9. The number of nitrogens with zero attached hydrogens (tertiary/aromatic N) is 1. The molecule has 1 heterocycles. The number of hydrogen-bond acceptors (Lipinski definition) is 3. The van der Waals surface area contributed by atoms with E-state index in [1.54, 1.807) is 17.4 Å². The van der Waals surface area contributed by atoms with Crippen LogP contribution in [-0.4, -0.2) is 29.1 Å². The molecule has 0 amide bonds. The molecule has 0 saturated carbocycles. The van der Waals surface area contributed by atoms with Gasteiger partial charge in [-0.05, 0) is 24.4 Å². The van der Waals surface area contributed by atoms with E-state index in [2.05, 4.69) is 24.8 Å². The normalized spacial score (nSPS) is 12.7. The first kappa shape index (κ1) is 13.8. The first-order valence-electron chi connectivity index (χ1n) is 6.17. The molecule has 2 rings (SSSR count). The van der Waals surface area contributed by atoms with Crippen molar-refractivity contribution < 1.29 is 9.90 Å². The summed E-state index contributed by atoms with van der Waals surface area (Å²) in [5, 5.41) is 10.2. The minimum Gasteiger partial charge on any atom is -0.480 e. The van der Waals surface area contributed by atoms with E-state index < -0.39 is 5.97 Å². The van der Waals surface area contributed by atoms with E-state index in [4.69, 9.17) is 5.11 Å². The average molecular weight is 275 g/mol. The molecule has 19 heavy (non-hydrogen) atoms. The summed E-state index contributed by atoms with van der Waals surface area (Å²) >= 11 is 1.72. The number of carbonyl (C=O) groups is 1. The Balaban J connectivity index is 2.26. The van der Waals surface area contributed by atoms with Crippen LogP contribution in [0.3, 0.4) is 0 Å². The molecular weight excluding hydrogens is 258 g/mol. The first-order chi connectivity index (χ1) is 9.11. The van der Waals surface area contributed by atoms with Crippen molar-refractivity contribution in [2.24, 2.45) is 0 Å². The lowest BCUT2D eigenvalue weighted by atomic mass is 10.2. The number of thiophene rings is 1. The summed E-state index contributed by atoms with van der Waals surface area (Å²) in [6.07, 6.45) is 1.74. The topological polar surface area (TPSA) is 40.5 Å². The number of benzene rings is 1. The summed E-state index contributed by atoms with van der Waals surface area (Å²) in [5.74, 6) is -0.810. The van der Waals surface area contributed by atoms with Crippen LogP contribution in [-0.2, 0) is 4.79 Å². The molecule has 100 valence electrons. The molecule has 0 bridgehead atoms. The lowest BCUT2D eigenvalue weighted by Gasteiger charge is -2.25. The minimum atomic E-state index is -0.810. The van der Waals surface area contributed by atoms with Crippen LogP contribution >= 0.6 is 11.3 Å². The summed E-state index contributed by atoms with van der Waals surface area (Å²) in [5.41, 5.74) is 0. The molecule has 3 nitrogen and oxygen atoms in total. The Hall–Kier alpha value is -1.65. The van der Waals surface area contributed by atoms with Gasteiger partial charge in [-0.2, -0.15) is 0 Å². The highest BCUT2D eigenvalue weighted by atomic mass is 32.1. The smallest absolute Gasteiger partial charge is 0.317 e. The van der Waals surface area contributed by atoms with Crippen molar-refractivity contribution >= 4 is 27.4 Å². The highest BCUT2D eigenvalue weighted by Gasteiger charge is 2.19. The van der Waals surface area contributed by atoms with Crippen molar-refractivity contribution in [1.82, 2.24) is 4.90 Å². The molecule has 1 aromatic heterocycles. The molecule has 0 aliphatic rings. The summed E-state index contributed by atoms with van der Waals surface area (Å²) in [4.78, 5) is 14.0. The van der Waals surface area contributed by atoms with Gasteiger partial charge >= 0.3 is 5.97 Å². The van der Waals surface area contributed by atoms with Gasteiger partial charge in [-0.15, -0.1) is 17.9 Å². The Morgan fingerprint density at radius 1 is 1.53 bits per heavy atom. The van der Waals surface area contributed by atoms with E-state index in [9.17, 15) is 4.79 Å². The molecule has 1 aromatic carbocycles. The Morgan fingerprint density at radius 3 is 2.89 bits per heavy atom. The van der Waals surface area contributed by atoms with E-state index in [0.717, 1.165) is 0 Å². The first-order valence-corrected chi connectivity index (χ1v) is 6.98. The van der Waals surface area contributed by atoms with Gasteiger partial charge in [-0.25, -0.2) is 0 Å². The van der Waals surface area contributed by atoms with Gasteiger partial charge in [-0.3, -0.25) is 9.69 Å². The largest absolute Gasteiger partial charge is 0.480 e. The van der Waals surface area contributed by atoms with E-state index in [1.807, 2.05) is 24.0 Å². The van der Waals surface area contributed by atoms with Crippen LogP contribution in [0.25, 0.3) is 10.1 Å². The van der Waals surface area contributed by atoms with Gasteiger partial charge in [0.1, 0.15) is 0 Å². The predicted octanol–water partition coefficient (Wildman–Crippen LogP) is 3.53. The molecule has 0 aliphatic carbocycles. The summed E-state index contributed by atoms with van der Waals surface area (Å²) < 4.78 is 1.23. The van der Waals surface area contributed by atoms with E-state index in [0.29, 0.717) is 6.54 Å². The van der Waals surface area contributed by atoms with Gasteiger partial charge in [0.2, 0.25) is 0 Å². The van der Waals surface area contributed by atoms with Crippen LogP contribution in [0.5, 0.6) is 0 Å². The van der Waals surface area contributed by atoms with E-state index >= 15 is 0 Å². The van der Waals surface area contributed by atoms with Gasteiger partial charge in [0, 0.05) is 22.2 Å². The number of carboxylic acids is 1. The molecule has 2 aromatic rings. The number of carboxylic acid groups (broad SMARTS) is 1. The third-order valence-electron chi connectivity index (χ3n) is 3.11. The van der Waals surface area contributed by atoms with E-state index in [1.165, 1.54) is 15.0 Å². The van der Waals surface area contributed by atoms with Crippen LogP contribution in [0.1, 0.15) is 17.8 Å². The SMILES string of the molecule is C=CCN(CC(=O)O)C(C)c1cc2ccccc2s1. The van der Waals surface area contributed by atoms with Crippen molar-refractivity contribution in [3.63, 3.8) is 0 Å². The fourth-order valence-electron chi connectivity index (χ4n) is 2.09. The van der Waals surface area contributed by atoms with Crippen molar-refractivity contribution in [2.75, 3.05) is 13.1 Å². The maximum Gasteiger partial charge on any atom is 0.317 e. The van der Waals surface area contributed by atoms with Gasteiger partial charge < -0.3 is 5.11 Å². The van der Waals surface area contributed by atoms with Crippen molar-refractivity contribution in [2.45, 2.75) is 13.0 Å². The van der Waals surface area contributed by atoms with Crippen LogP contribution in [0, 0.1) is 0 Å². The second-order valence-corrected chi connectivity index (χ2v) is 5.59. The molecule has 0 fully saturated rings. The zero-order valence-electron chi connectivity index (χ0n) is 10.9. The zero-order valence-corrected chi connectivity index (χ0v) is 11.7. The molecule has 4 heteroatoms. The van der Waals surface area contributed by atoms with Gasteiger partial charge in [0.05, 0.1) is 6.54 Å². The zero-order chi connectivity index (χ0) is 13.8. The van der Waals surface area contributed by atoms with Crippen molar-refractivity contribution in [3.8, 4) is 0 Å². The van der Waals surface area contributed by atoms with E-state index in [-0.39, 0.29) is 12.6 Å². The minimum absolute atomic E-state index is 0.0292. The Kier molecular flexibility index (Phi) is 4.35. The number of rotatable bonds is 6. The fraction of sp³-hybridized carbons (Fsp3) is 0.267. The molecule has 0 spiro atoms. The molecule has 1 unspecified atom stereocenters. The molecule has 1 atom stereocenters.